The molecule has 1 aromatic carbocycles. The van der Waals surface area contributed by atoms with Crippen LogP contribution in [0.15, 0.2) is 41.3 Å². The van der Waals surface area contributed by atoms with Crippen molar-refractivity contribution in [2.45, 2.75) is 19.8 Å². The van der Waals surface area contributed by atoms with Gasteiger partial charge in [-0.3, -0.25) is 14.4 Å². The molecule has 0 spiro atoms. The number of aryl methyl sites for hydroxylation is 2. The predicted octanol–water partition coefficient (Wildman–Crippen LogP) is 1.06. The Hall–Kier alpha value is -3.16. The van der Waals surface area contributed by atoms with Crippen molar-refractivity contribution in [2.24, 2.45) is 13.0 Å². The van der Waals surface area contributed by atoms with Crippen molar-refractivity contribution in [1.29, 1.82) is 0 Å². The molecule has 2 heterocycles. The van der Waals surface area contributed by atoms with Crippen LogP contribution in [0.5, 0.6) is 0 Å². The first-order chi connectivity index (χ1) is 13.4. The molecule has 148 valence electrons. The van der Waals surface area contributed by atoms with Crippen LogP contribution in [0.1, 0.15) is 18.4 Å². The highest BCUT2D eigenvalue weighted by Gasteiger charge is 2.22. The van der Waals surface area contributed by atoms with Crippen molar-refractivity contribution in [3.63, 3.8) is 0 Å². The summed E-state index contributed by atoms with van der Waals surface area (Å²) in [4.78, 5) is 38.0. The molecule has 0 unspecified atom stereocenters. The first-order valence-corrected chi connectivity index (χ1v) is 9.37. The Kier molecular flexibility index (Phi) is 6.08. The molecule has 2 amide bonds. The van der Waals surface area contributed by atoms with E-state index in [1.54, 1.807) is 25.4 Å². The number of benzene rings is 1. The highest BCUT2D eigenvalue weighted by Crippen LogP contribution is 2.21. The summed E-state index contributed by atoms with van der Waals surface area (Å²) < 4.78 is 1.30. The number of carbonyl (C=O) groups is 2. The van der Waals surface area contributed by atoms with Crippen LogP contribution in [0, 0.1) is 12.8 Å². The molecule has 1 fully saturated rings. The molecule has 1 aliphatic rings. The van der Waals surface area contributed by atoms with Gasteiger partial charge < -0.3 is 15.5 Å². The van der Waals surface area contributed by atoms with E-state index in [9.17, 15) is 14.4 Å². The van der Waals surface area contributed by atoms with E-state index in [1.807, 2.05) is 25.1 Å². The average molecular weight is 383 g/mol. The van der Waals surface area contributed by atoms with Gasteiger partial charge in [-0.25, -0.2) is 4.68 Å². The van der Waals surface area contributed by atoms with Gasteiger partial charge in [0.05, 0.1) is 11.9 Å². The number of piperidine rings is 1. The molecule has 0 radical (unpaired) electrons. The van der Waals surface area contributed by atoms with E-state index >= 15 is 0 Å². The average Bonchev–Trinajstić information content (AvgIpc) is 2.70. The zero-order valence-electron chi connectivity index (χ0n) is 16.1. The third-order valence-electron chi connectivity index (χ3n) is 5.08. The van der Waals surface area contributed by atoms with Gasteiger partial charge >= 0.3 is 11.8 Å². The SMILES string of the molecule is Cc1ccccc1NC(=O)C(=O)NCC1CCN(c2cnn(C)c(=O)c2)CC1. The normalized spacial score (nSPS) is 14.6. The van der Waals surface area contributed by atoms with E-state index in [4.69, 9.17) is 0 Å². The van der Waals surface area contributed by atoms with Crippen LogP contribution in [-0.2, 0) is 16.6 Å². The summed E-state index contributed by atoms with van der Waals surface area (Å²) in [6, 6.07) is 8.92. The Balaban J connectivity index is 1.45. The van der Waals surface area contributed by atoms with Crippen molar-refractivity contribution >= 4 is 23.2 Å². The molecule has 0 aliphatic carbocycles. The van der Waals surface area contributed by atoms with Gasteiger partial charge in [-0.1, -0.05) is 18.2 Å². The molecule has 1 aromatic heterocycles. The number of nitrogens with one attached hydrogen (secondary N) is 2. The molecule has 1 saturated heterocycles. The predicted molar refractivity (Wildman–Crippen MR) is 107 cm³/mol. The molecular weight excluding hydrogens is 358 g/mol. The summed E-state index contributed by atoms with van der Waals surface area (Å²) in [6.45, 7) is 3.90. The number of amides is 2. The van der Waals surface area contributed by atoms with Crippen molar-refractivity contribution in [3.8, 4) is 0 Å². The molecule has 8 nitrogen and oxygen atoms in total. The van der Waals surface area contributed by atoms with Gasteiger partial charge in [0.1, 0.15) is 0 Å². The summed E-state index contributed by atoms with van der Waals surface area (Å²) in [5.74, 6) is -0.981. The standard InChI is InChI=1S/C20H25N5O3/c1-14-5-3-4-6-17(14)23-20(28)19(27)21-12-15-7-9-25(10-8-15)16-11-18(26)24(2)22-13-16/h3-6,11,13,15H,7-10,12H2,1-2H3,(H,21,27)(H,23,28). The molecule has 2 aromatic rings. The van der Waals surface area contributed by atoms with Crippen LogP contribution in [0.2, 0.25) is 0 Å². The zero-order valence-corrected chi connectivity index (χ0v) is 16.1. The second kappa shape index (κ2) is 8.69. The monoisotopic (exact) mass is 383 g/mol. The number of aromatic nitrogens is 2. The van der Waals surface area contributed by atoms with Gasteiger partial charge in [0.15, 0.2) is 0 Å². The maximum absolute atomic E-state index is 12.1. The minimum Gasteiger partial charge on any atom is -0.370 e. The third-order valence-corrected chi connectivity index (χ3v) is 5.08. The first-order valence-electron chi connectivity index (χ1n) is 9.37. The second-order valence-electron chi connectivity index (χ2n) is 7.09. The smallest absolute Gasteiger partial charge is 0.313 e. The summed E-state index contributed by atoms with van der Waals surface area (Å²) in [6.07, 6.45) is 3.43. The minimum atomic E-state index is -0.655. The Labute approximate surface area is 163 Å². The lowest BCUT2D eigenvalue weighted by molar-refractivity contribution is -0.136. The van der Waals surface area contributed by atoms with Crippen LogP contribution in [-0.4, -0.2) is 41.2 Å². The molecule has 0 bridgehead atoms. The summed E-state index contributed by atoms with van der Waals surface area (Å²) >= 11 is 0. The Morgan fingerprint density at radius 2 is 1.89 bits per heavy atom. The van der Waals surface area contributed by atoms with Gasteiger partial charge in [0, 0.05) is 38.4 Å². The van der Waals surface area contributed by atoms with Crippen LogP contribution in [0.25, 0.3) is 0 Å². The van der Waals surface area contributed by atoms with E-state index in [2.05, 4.69) is 20.6 Å². The fraction of sp³-hybridized carbons (Fsp3) is 0.400. The zero-order chi connectivity index (χ0) is 20.1. The molecule has 2 N–H and O–H groups in total. The van der Waals surface area contributed by atoms with Crippen molar-refractivity contribution in [2.75, 3.05) is 29.9 Å². The molecule has 1 aliphatic heterocycles. The molecular formula is C20H25N5O3. The van der Waals surface area contributed by atoms with Gasteiger partial charge in [-0.05, 0) is 37.3 Å². The summed E-state index contributed by atoms with van der Waals surface area (Å²) in [7, 11) is 1.62. The fourth-order valence-corrected chi connectivity index (χ4v) is 3.24. The van der Waals surface area contributed by atoms with Crippen molar-refractivity contribution < 1.29 is 9.59 Å². The van der Waals surface area contributed by atoms with Gasteiger partial charge in [0.25, 0.3) is 5.56 Å². The highest BCUT2D eigenvalue weighted by atomic mass is 16.2. The molecule has 0 saturated carbocycles. The maximum atomic E-state index is 12.1. The molecule has 3 rings (SSSR count). The number of nitrogens with zero attached hydrogens (tertiary/aromatic N) is 3. The highest BCUT2D eigenvalue weighted by molar-refractivity contribution is 6.39. The van der Waals surface area contributed by atoms with Gasteiger partial charge in [-0.15, -0.1) is 0 Å². The number of hydrogen-bond donors (Lipinski definition) is 2. The number of para-hydroxylation sites is 1. The van der Waals surface area contributed by atoms with Crippen LogP contribution in [0.4, 0.5) is 11.4 Å². The minimum absolute atomic E-state index is 0.133. The quantitative estimate of drug-likeness (QED) is 0.770. The first kappa shape index (κ1) is 19.6. The molecule has 28 heavy (non-hydrogen) atoms. The van der Waals surface area contributed by atoms with E-state index in [0.29, 0.717) is 18.2 Å². The van der Waals surface area contributed by atoms with Gasteiger partial charge in [-0.2, -0.15) is 5.10 Å². The van der Waals surface area contributed by atoms with E-state index in [0.717, 1.165) is 37.2 Å². The lowest BCUT2D eigenvalue weighted by Gasteiger charge is -2.33. The number of carbonyl (C=O) groups excluding carboxylic acids is 2. The lowest BCUT2D eigenvalue weighted by atomic mass is 9.96. The Bertz CT molecular complexity index is 916. The van der Waals surface area contributed by atoms with Gasteiger partial charge in [0.2, 0.25) is 0 Å². The van der Waals surface area contributed by atoms with Crippen LogP contribution in [0.3, 0.4) is 0 Å². The van der Waals surface area contributed by atoms with E-state index in [1.165, 1.54) is 4.68 Å². The third kappa shape index (κ3) is 4.76. The number of rotatable bonds is 4. The topological polar surface area (TPSA) is 96.3 Å². The lowest BCUT2D eigenvalue weighted by Crippen LogP contribution is -2.42. The molecule has 8 heteroatoms. The fourth-order valence-electron chi connectivity index (χ4n) is 3.24. The molecule has 0 atom stereocenters. The number of anilines is 2. The second-order valence-corrected chi connectivity index (χ2v) is 7.09. The van der Waals surface area contributed by atoms with Crippen LogP contribution < -0.4 is 21.1 Å². The van der Waals surface area contributed by atoms with Crippen LogP contribution >= 0.6 is 0 Å². The summed E-state index contributed by atoms with van der Waals surface area (Å²) in [5, 5.41) is 9.42. The van der Waals surface area contributed by atoms with Crippen molar-refractivity contribution in [1.82, 2.24) is 15.1 Å². The number of hydrogen-bond acceptors (Lipinski definition) is 5. The van der Waals surface area contributed by atoms with E-state index in [-0.39, 0.29) is 5.56 Å². The Morgan fingerprint density at radius 3 is 2.57 bits per heavy atom. The maximum Gasteiger partial charge on any atom is 0.313 e. The largest absolute Gasteiger partial charge is 0.370 e. The van der Waals surface area contributed by atoms with E-state index < -0.39 is 11.8 Å². The summed E-state index contributed by atoms with van der Waals surface area (Å²) in [5.41, 5.74) is 2.23. The van der Waals surface area contributed by atoms with Crippen molar-refractivity contribution in [3.05, 3.63) is 52.4 Å². The Morgan fingerprint density at radius 1 is 1.18 bits per heavy atom.